The minimum atomic E-state index is 0.437. The molecule has 0 saturated carbocycles. The smallest absolute Gasteiger partial charge is 0.122 e. The van der Waals surface area contributed by atoms with E-state index in [0.29, 0.717) is 5.92 Å². The van der Waals surface area contributed by atoms with E-state index in [1.807, 2.05) is 6.07 Å². The van der Waals surface area contributed by atoms with Crippen molar-refractivity contribution in [3.63, 3.8) is 0 Å². The highest BCUT2D eigenvalue weighted by atomic mass is 79.9. The zero-order chi connectivity index (χ0) is 11.7. The molecule has 2 aromatic rings. The van der Waals surface area contributed by atoms with Crippen LogP contribution in [0, 0.1) is 0 Å². The molecule has 0 aliphatic rings. The fraction of sp³-hybridized carbons (Fsp3) is 0.308. The molecule has 0 aliphatic heterocycles. The number of pyridine rings is 1. The van der Waals surface area contributed by atoms with Crippen LogP contribution in [-0.2, 0) is 0 Å². The maximum atomic E-state index is 5.42. The molecule has 0 radical (unpaired) electrons. The van der Waals surface area contributed by atoms with Crippen molar-refractivity contribution in [2.24, 2.45) is 0 Å². The lowest BCUT2D eigenvalue weighted by atomic mass is 9.99. The summed E-state index contributed by atoms with van der Waals surface area (Å²) in [5.41, 5.74) is 1.21. The van der Waals surface area contributed by atoms with Crippen LogP contribution in [-0.4, -0.2) is 12.1 Å². The van der Waals surface area contributed by atoms with Crippen LogP contribution in [0.1, 0.15) is 25.3 Å². The third-order valence-corrected chi connectivity index (χ3v) is 3.32. The number of nitrogens with zero attached hydrogens (tertiary/aromatic N) is 1. The van der Waals surface area contributed by atoms with E-state index in [9.17, 15) is 0 Å². The van der Waals surface area contributed by atoms with Gasteiger partial charge >= 0.3 is 0 Å². The maximum absolute atomic E-state index is 5.42. The largest absolute Gasteiger partial charge is 0.496 e. The van der Waals surface area contributed by atoms with Gasteiger partial charge in [-0.25, -0.2) is 4.98 Å². The predicted molar refractivity (Wildman–Crippen MR) is 70.1 cm³/mol. The number of aromatic nitrogens is 1. The van der Waals surface area contributed by atoms with Crippen LogP contribution < -0.4 is 4.74 Å². The van der Waals surface area contributed by atoms with E-state index in [-0.39, 0.29) is 0 Å². The molecular formula is C13H14BrNO. The minimum Gasteiger partial charge on any atom is -0.496 e. The molecule has 0 fully saturated rings. The second kappa shape index (κ2) is 4.42. The summed E-state index contributed by atoms with van der Waals surface area (Å²) in [6.45, 7) is 4.32. The second-order valence-electron chi connectivity index (χ2n) is 4.07. The third-order valence-electron chi connectivity index (χ3n) is 2.69. The number of halogens is 1. The molecule has 0 spiro atoms. The molecule has 1 heterocycles. The molecule has 0 aliphatic carbocycles. The molecule has 3 heteroatoms. The molecule has 1 aromatic carbocycles. The van der Waals surface area contributed by atoms with Crippen molar-refractivity contribution in [3.05, 3.63) is 34.6 Å². The van der Waals surface area contributed by atoms with Gasteiger partial charge in [0.15, 0.2) is 0 Å². The number of hydrogen-bond donors (Lipinski definition) is 0. The number of rotatable bonds is 2. The molecule has 0 saturated heterocycles. The predicted octanol–water partition coefficient (Wildman–Crippen LogP) is 4.13. The van der Waals surface area contributed by atoms with E-state index < -0.39 is 0 Å². The second-order valence-corrected chi connectivity index (χ2v) is 4.82. The summed E-state index contributed by atoms with van der Waals surface area (Å²) in [6, 6.07) is 6.21. The van der Waals surface area contributed by atoms with Gasteiger partial charge in [0.1, 0.15) is 10.4 Å². The van der Waals surface area contributed by atoms with Gasteiger partial charge in [-0.05, 0) is 51.0 Å². The first-order valence-electron chi connectivity index (χ1n) is 5.25. The molecule has 1 aromatic heterocycles. The van der Waals surface area contributed by atoms with Crippen molar-refractivity contribution in [2.45, 2.75) is 19.8 Å². The highest BCUT2D eigenvalue weighted by Gasteiger charge is 2.10. The first-order valence-corrected chi connectivity index (χ1v) is 6.05. The van der Waals surface area contributed by atoms with Crippen LogP contribution in [0.4, 0.5) is 0 Å². The van der Waals surface area contributed by atoms with Crippen LogP contribution in [0.15, 0.2) is 29.0 Å². The van der Waals surface area contributed by atoms with E-state index in [2.05, 4.69) is 46.9 Å². The summed E-state index contributed by atoms with van der Waals surface area (Å²) in [7, 11) is 1.71. The quantitative estimate of drug-likeness (QED) is 0.772. The minimum absolute atomic E-state index is 0.437. The Kier molecular flexibility index (Phi) is 3.15. The zero-order valence-electron chi connectivity index (χ0n) is 9.62. The Morgan fingerprint density at radius 3 is 2.69 bits per heavy atom. The Labute approximate surface area is 104 Å². The number of benzene rings is 1. The Morgan fingerprint density at radius 1 is 1.31 bits per heavy atom. The summed E-state index contributed by atoms with van der Waals surface area (Å²) in [4.78, 5) is 4.24. The number of hydrogen-bond acceptors (Lipinski definition) is 2. The fourth-order valence-corrected chi connectivity index (χ4v) is 2.27. The molecule has 16 heavy (non-hydrogen) atoms. The lowest BCUT2D eigenvalue weighted by Gasteiger charge is -2.13. The average molecular weight is 280 g/mol. The Balaban J connectivity index is 2.76. The van der Waals surface area contributed by atoms with Gasteiger partial charge in [0, 0.05) is 11.6 Å². The highest BCUT2D eigenvalue weighted by molar-refractivity contribution is 9.10. The first-order chi connectivity index (χ1) is 7.63. The SMILES string of the molecule is COc1cc2ccnc(Br)c2cc1C(C)C. The van der Waals surface area contributed by atoms with Crippen molar-refractivity contribution in [1.82, 2.24) is 4.98 Å². The third kappa shape index (κ3) is 1.92. The first kappa shape index (κ1) is 11.4. The Bertz CT molecular complexity index is 523. The van der Waals surface area contributed by atoms with Crippen LogP contribution >= 0.6 is 15.9 Å². The summed E-state index contributed by atoms with van der Waals surface area (Å²) in [5.74, 6) is 1.38. The van der Waals surface area contributed by atoms with Gasteiger partial charge in [0.2, 0.25) is 0 Å². The fourth-order valence-electron chi connectivity index (χ4n) is 1.81. The van der Waals surface area contributed by atoms with Crippen LogP contribution in [0.5, 0.6) is 5.75 Å². The molecule has 2 rings (SSSR count). The van der Waals surface area contributed by atoms with Crippen molar-refractivity contribution in [3.8, 4) is 5.75 Å². The normalized spacial score (nSPS) is 11.1. The zero-order valence-corrected chi connectivity index (χ0v) is 11.2. The highest BCUT2D eigenvalue weighted by Crippen LogP contribution is 2.33. The summed E-state index contributed by atoms with van der Waals surface area (Å²) in [6.07, 6.45) is 1.79. The number of fused-ring (bicyclic) bond motifs is 1. The molecular weight excluding hydrogens is 266 g/mol. The molecule has 0 bridgehead atoms. The number of methoxy groups -OCH3 is 1. The standard InChI is InChI=1S/C13H14BrNO/c1-8(2)10-7-11-9(6-12(10)16-3)4-5-15-13(11)14/h4-8H,1-3H3. The topological polar surface area (TPSA) is 22.1 Å². The van der Waals surface area contributed by atoms with Crippen molar-refractivity contribution in [2.75, 3.05) is 7.11 Å². The van der Waals surface area contributed by atoms with Gasteiger partial charge < -0.3 is 4.74 Å². The van der Waals surface area contributed by atoms with Crippen LogP contribution in [0.3, 0.4) is 0 Å². The van der Waals surface area contributed by atoms with Crippen molar-refractivity contribution < 1.29 is 4.74 Å². The summed E-state index contributed by atoms with van der Waals surface area (Å²) in [5, 5.41) is 2.27. The van der Waals surface area contributed by atoms with E-state index >= 15 is 0 Å². The van der Waals surface area contributed by atoms with E-state index in [4.69, 9.17) is 4.74 Å². The van der Waals surface area contributed by atoms with Crippen molar-refractivity contribution in [1.29, 1.82) is 0 Å². The molecule has 0 amide bonds. The molecule has 2 nitrogen and oxygen atoms in total. The van der Waals surface area contributed by atoms with Gasteiger partial charge in [-0.1, -0.05) is 13.8 Å². The molecule has 0 N–H and O–H groups in total. The Morgan fingerprint density at radius 2 is 2.06 bits per heavy atom. The van der Waals surface area contributed by atoms with Gasteiger partial charge in [0.05, 0.1) is 7.11 Å². The summed E-state index contributed by atoms with van der Waals surface area (Å²) < 4.78 is 6.30. The molecule has 84 valence electrons. The lowest BCUT2D eigenvalue weighted by Crippen LogP contribution is -1.95. The van der Waals surface area contributed by atoms with Gasteiger partial charge in [-0.2, -0.15) is 0 Å². The van der Waals surface area contributed by atoms with E-state index in [1.165, 1.54) is 5.56 Å². The monoisotopic (exact) mass is 279 g/mol. The lowest BCUT2D eigenvalue weighted by molar-refractivity contribution is 0.408. The van der Waals surface area contributed by atoms with Crippen LogP contribution in [0.25, 0.3) is 10.8 Å². The van der Waals surface area contributed by atoms with Crippen LogP contribution in [0.2, 0.25) is 0 Å². The molecule has 0 atom stereocenters. The van der Waals surface area contributed by atoms with Crippen molar-refractivity contribution >= 4 is 26.7 Å². The Hall–Kier alpha value is -1.09. The number of ether oxygens (including phenoxy) is 1. The maximum Gasteiger partial charge on any atom is 0.122 e. The van der Waals surface area contributed by atoms with Gasteiger partial charge in [0.25, 0.3) is 0 Å². The molecule has 0 unspecified atom stereocenters. The average Bonchev–Trinajstić information content (AvgIpc) is 2.27. The van der Waals surface area contributed by atoms with Gasteiger partial charge in [-0.15, -0.1) is 0 Å². The van der Waals surface area contributed by atoms with Gasteiger partial charge in [-0.3, -0.25) is 0 Å². The van der Waals surface area contributed by atoms with E-state index in [1.54, 1.807) is 13.3 Å². The summed E-state index contributed by atoms with van der Waals surface area (Å²) >= 11 is 3.47. The van der Waals surface area contributed by atoms with E-state index in [0.717, 1.165) is 21.1 Å².